The van der Waals surface area contributed by atoms with Crippen LogP contribution >= 0.6 is 0 Å². The molecular formula is C23H25N3O2. The van der Waals surface area contributed by atoms with Crippen molar-refractivity contribution in [3.8, 4) is 0 Å². The lowest BCUT2D eigenvalue weighted by atomic mass is 9.76. The van der Waals surface area contributed by atoms with E-state index in [-0.39, 0.29) is 17.6 Å². The molecule has 0 fully saturated rings. The Morgan fingerprint density at radius 2 is 1.93 bits per heavy atom. The molecule has 1 unspecified atom stereocenters. The molecular weight excluding hydrogens is 350 g/mol. The summed E-state index contributed by atoms with van der Waals surface area (Å²) < 4.78 is 2.00. The van der Waals surface area contributed by atoms with Crippen molar-refractivity contribution in [1.82, 2.24) is 9.88 Å². The standard InChI is InChI=1S/C23H25N3O2/c1-14-8-4-5-9-16(14)25-23(28)20-15(2)24-17-10-6-12-19(27)21(17)22(20)18-11-7-13-26(18)3/h4-5,7-9,11,13,22,24H,6,10,12H2,1-3H3,(H,25,28). The number of nitrogens with one attached hydrogen (secondary N) is 2. The minimum Gasteiger partial charge on any atom is -0.362 e. The molecule has 0 spiro atoms. The zero-order valence-electron chi connectivity index (χ0n) is 16.5. The quantitative estimate of drug-likeness (QED) is 0.854. The van der Waals surface area contributed by atoms with Gasteiger partial charge in [0.25, 0.3) is 5.91 Å². The fourth-order valence-electron chi connectivity index (χ4n) is 4.26. The van der Waals surface area contributed by atoms with Gasteiger partial charge >= 0.3 is 0 Å². The van der Waals surface area contributed by atoms with E-state index in [2.05, 4.69) is 10.6 Å². The molecule has 1 aliphatic carbocycles. The Labute approximate surface area is 165 Å². The lowest BCUT2D eigenvalue weighted by molar-refractivity contribution is -0.116. The first-order chi connectivity index (χ1) is 13.5. The number of aryl methyl sites for hydroxylation is 2. The van der Waals surface area contributed by atoms with Gasteiger partial charge in [0.15, 0.2) is 5.78 Å². The number of nitrogens with zero attached hydrogens (tertiary/aromatic N) is 1. The normalized spacial score (nSPS) is 19.4. The fourth-order valence-corrected chi connectivity index (χ4v) is 4.26. The number of para-hydroxylation sites is 1. The average molecular weight is 375 g/mol. The number of benzene rings is 1. The van der Waals surface area contributed by atoms with Crippen LogP contribution in [0.1, 0.15) is 43.4 Å². The Morgan fingerprint density at radius 1 is 1.14 bits per heavy atom. The molecule has 1 aromatic carbocycles. The Bertz CT molecular complexity index is 1030. The van der Waals surface area contributed by atoms with Gasteiger partial charge in [-0.15, -0.1) is 0 Å². The van der Waals surface area contributed by atoms with Crippen molar-refractivity contribution >= 4 is 17.4 Å². The summed E-state index contributed by atoms with van der Waals surface area (Å²) in [5.41, 5.74) is 5.87. The highest BCUT2D eigenvalue weighted by molar-refractivity contribution is 6.09. The minimum absolute atomic E-state index is 0.133. The van der Waals surface area contributed by atoms with Crippen LogP contribution in [0.15, 0.2) is 65.1 Å². The predicted octanol–water partition coefficient (Wildman–Crippen LogP) is 3.94. The number of rotatable bonds is 3. The second-order valence-corrected chi connectivity index (χ2v) is 7.58. The average Bonchev–Trinajstić information content (AvgIpc) is 3.08. The van der Waals surface area contributed by atoms with Gasteiger partial charge in [-0.1, -0.05) is 18.2 Å². The number of carbonyl (C=O) groups excluding carboxylic acids is 2. The molecule has 2 heterocycles. The van der Waals surface area contributed by atoms with Crippen LogP contribution < -0.4 is 10.6 Å². The number of amides is 1. The third-order valence-corrected chi connectivity index (χ3v) is 5.69. The van der Waals surface area contributed by atoms with Gasteiger partial charge in [-0.05, 0) is 50.5 Å². The molecule has 1 aromatic heterocycles. The minimum atomic E-state index is -0.354. The van der Waals surface area contributed by atoms with Crippen LogP contribution in [0.3, 0.4) is 0 Å². The molecule has 0 saturated carbocycles. The van der Waals surface area contributed by atoms with E-state index < -0.39 is 0 Å². The number of anilines is 1. The molecule has 4 rings (SSSR count). The van der Waals surface area contributed by atoms with Gasteiger partial charge in [-0.3, -0.25) is 9.59 Å². The van der Waals surface area contributed by atoms with E-state index >= 15 is 0 Å². The van der Waals surface area contributed by atoms with Crippen molar-refractivity contribution in [1.29, 1.82) is 0 Å². The van der Waals surface area contributed by atoms with E-state index in [1.54, 1.807) is 0 Å². The maximum absolute atomic E-state index is 13.4. The van der Waals surface area contributed by atoms with Crippen molar-refractivity contribution in [2.75, 3.05) is 5.32 Å². The van der Waals surface area contributed by atoms with Gasteiger partial charge in [0.2, 0.25) is 0 Å². The van der Waals surface area contributed by atoms with Crippen LogP contribution in [0.4, 0.5) is 5.69 Å². The summed E-state index contributed by atoms with van der Waals surface area (Å²) in [6.07, 6.45) is 4.18. The summed E-state index contributed by atoms with van der Waals surface area (Å²) in [6, 6.07) is 11.7. The van der Waals surface area contributed by atoms with E-state index in [4.69, 9.17) is 0 Å². The van der Waals surface area contributed by atoms with Gasteiger partial charge in [0.1, 0.15) is 0 Å². The number of carbonyl (C=O) groups is 2. The molecule has 0 bridgehead atoms. The molecule has 1 atom stereocenters. The van der Waals surface area contributed by atoms with Crippen molar-refractivity contribution in [2.24, 2.45) is 7.05 Å². The second-order valence-electron chi connectivity index (χ2n) is 7.58. The monoisotopic (exact) mass is 375 g/mol. The number of dihydropyridines is 1. The molecule has 5 nitrogen and oxygen atoms in total. The summed E-state index contributed by atoms with van der Waals surface area (Å²) in [6.45, 7) is 3.89. The molecule has 5 heteroatoms. The third-order valence-electron chi connectivity index (χ3n) is 5.69. The fraction of sp³-hybridized carbons (Fsp3) is 0.304. The van der Waals surface area contributed by atoms with Gasteiger partial charge < -0.3 is 15.2 Å². The van der Waals surface area contributed by atoms with Crippen LogP contribution in [-0.4, -0.2) is 16.3 Å². The van der Waals surface area contributed by atoms with Crippen LogP contribution in [-0.2, 0) is 16.6 Å². The molecule has 2 aliphatic rings. The lowest BCUT2D eigenvalue weighted by Crippen LogP contribution is -2.36. The number of hydrogen-bond donors (Lipinski definition) is 2. The van der Waals surface area contributed by atoms with Crippen molar-refractivity contribution in [3.63, 3.8) is 0 Å². The first-order valence-corrected chi connectivity index (χ1v) is 9.69. The largest absolute Gasteiger partial charge is 0.362 e. The molecule has 2 aromatic rings. The maximum Gasteiger partial charge on any atom is 0.254 e. The summed E-state index contributed by atoms with van der Waals surface area (Å²) in [5, 5.41) is 6.41. The smallest absolute Gasteiger partial charge is 0.254 e. The molecule has 0 radical (unpaired) electrons. The third kappa shape index (κ3) is 3.07. The van der Waals surface area contributed by atoms with Crippen LogP contribution in [0.2, 0.25) is 0 Å². The van der Waals surface area contributed by atoms with E-state index in [1.807, 2.05) is 68.1 Å². The summed E-state index contributed by atoms with van der Waals surface area (Å²) in [7, 11) is 1.96. The number of allylic oxidation sites excluding steroid dienone is 3. The lowest BCUT2D eigenvalue weighted by Gasteiger charge is -2.34. The van der Waals surface area contributed by atoms with Crippen LogP contribution in [0, 0.1) is 6.92 Å². The Hall–Kier alpha value is -3.08. The van der Waals surface area contributed by atoms with Crippen LogP contribution in [0.25, 0.3) is 0 Å². The predicted molar refractivity (Wildman–Crippen MR) is 110 cm³/mol. The van der Waals surface area contributed by atoms with Crippen molar-refractivity contribution in [2.45, 2.75) is 39.0 Å². The van der Waals surface area contributed by atoms with E-state index in [0.717, 1.165) is 46.8 Å². The second kappa shape index (κ2) is 7.15. The summed E-state index contributed by atoms with van der Waals surface area (Å²) in [5.74, 6) is -0.392. The molecule has 2 N–H and O–H groups in total. The topological polar surface area (TPSA) is 63.1 Å². The van der Waals surface area contributed by atoms with Gasteiger partial charge in [0.05, 0.1) is 5.92 Å². The first-order valence-electron chi connectivity index (χ1n) is 9.69. The van der Waals surface area contributed by atoms with Gasteiger partial charge in [0, 0.05) is 53.6 Å². The summed E-state index contributed by atoms with van der Waals surface area (Å²) in [4.78, 5) is 26.2. The zero-order valence-corrected chi connectivity index (χ0v) is 16.5. The molecule has 1 amide bonds. The number of hydrogen-bond acceptors (Lipinski definition) is 3. The highest BCUT2D eigenvalue weighted by Gasteiger charge is 2.39. The molecule has 28 heavy (non-hydrogen) atoms. The van der Waals surface area contributed by atoms with Gasteiger partial charge in [-0.2, -0.15) is 0 Å². The van der Waals surface area contributed by atoms with Crippen molar-refractivity contribution < 1.29 is 9.59 Å². The SMILES string of the molecule is CC1=C(C(=O)Nc2ccccc2C)C(c2cccn2C)C2=C(CCCC2=O)N1. The number of ketones is 1. The van der Waals surface area contributed by atoms with Crippen LogP contribution in [0.5, 0.6) is 0 Å². The first kappa shape index (κ1) is 18.3. The highest BCUT2D eigenvalue weighted by Crippen LogP contribution is 2.42. The number of aromatic nitrogens is 1. The molecule has 144 valence electrons. The number of Topliss-reactive ketones (excluding diaryl/α,β-unsaturated/α-hetero) is 1. The highest BCUT2D eigenvalue weighted by atomic mass is 16.2. The summed E-state index contributed by atoms with van der Waals surface area (Å²) >= 11 is 0. The maximum atomic E-state index is 13.4. The molecule has 1 aliphatic heterocycles. The Kier molecular flexibility index (Phi) is 4.67. The Balaban J connectivity index is 1.80. The zero-order chi connectivity index (χ0) is 19.8. The van der Waals surface area contributed by atoms with Crippen molar-refractivity contribution in [3.05, 3.63) is 76.4 Å². The van der Waals surface area contributed by atoms with E-state index in [9.17, 15) is 9.59 Å². The Morgan fingerprint density at radius 3 is 2.64 bits per heavy atom. The van der Waals surface area contributed by atoms with E-state index in [1.165, 1.54) is 0 Å². The van der Waals surface area contributed by atoms with E-state index in [0.29, 0.717) is 12.0 Å². The van der Waals surface area contributed by atoms with Gasteiger partial charge in [-0.25, -0.2) is 0 Å². The molecule has 0 saturated heterocycles.